The largest absolute Gasteiger partial charge is 0.373 e. The maximum atomic E-state index is 12.7. The summed E-state index contributed by atoms with van der Waals surface area (Å²) in [6.45, 7) is 3.49. The first-order valence-corrected chi connectivity index (χ1v) is 9.50. The number of amides is 1. The van der Waals surface area contributed by atoms with Crippen LogP contribution in [0.4, 0.5) is 0 Å². The molecule has 4 rings (SSSR count). The average Bonchev–Trinajstić information content (AvgIpc) is 3.02. The molecule has 2 aromatic carbocycles. The van der Waals surface area contributed by atoms with Gasteiger partial charge in [0.25, 0.3) is 0 Å². The Hall–Kier alpha value is -2.59. The van der Waals surface area contributed by atoms with Crippen molar-refractivity contribution in [1.29, 1.82) is 0 Å². The van der Waals surface area contributed by atoms with Gasteiger partial charge in [-0.1, -0.05) is 42.3 Å². The maximum absolute atomic E-state index is 12.7. The number of aromatic amines is 1. The number of benzene rings is 2. The second kappa shape index (κ2) is 8.61. The molecule has 0 saturated carbocycles. The van der Waals surface area contributed by atoms with Gasteiger partial charge in [-0.25, -0.2) is 0 Å². The lowest BCUT2D eigenvalue weighted by Gasteiger charge is -2.31. The summed E-state index contributed by atoms with van der Waals surface area (Å²) in [6.07, 6.45) is 0.644. The predicted molar refractivity (Wildman–Crippen MR) is 107 cm³/mol. The highest BCUT2D eigenvalue weighted by Gasteiger charge is 2.28. The van der Waals surface area contributed by atoms with Gasteiger partial charge in [0.05, 0.1) is 13.0 Å². The molecule has 2 heterocycles. The zero-order valence-electron chi connectivity index (χ0n) is 15.2. The van der Waals surface area contributed by atoms with Crippen molar-refractivity contribution < 1.29 is 14.4 Å². The Labute approximate surface area is 172 Å². The summed E-state index contributed by atoms with van der Waals surface area (Å²) >= 11 is 12.1. The molecule has 0 spiro atoms. The number of fused-ring (bicyclic) bond motifs is 3. The summed E-state index contributed by atoms with van der Waals surface area (Å²) in [7, 11) is 0. The quantitative estimate of drug-likeness (QED) is 0.664. The number of H-pyrrole nitrogens is 1. The first-order valence-electron chi connectivity index (χ1n) is 8.74. The average molecular weight is 417 g/mol. The van der Waals surface area contributed by atoms with E-state index in [1.165, 1.54) is 10.9 Å². The molecular weight excluding hydrogens is 399 g/mol. The Morgan fingerprint density at radius 1 is 1.14 bits per heavy atom. The van der Waals surface area contributed by atoms with Gasteiger partial charge < -0.3 is 9.88 Å². The van der Waals surface area contributed by atoms with Gasteiger partial charge >= 0.3 is 6.15 Å². The molecule has 0 saturated heterocycles. The Bertz CT molecular complexity index is 1040. The molecule has 7 heteroatoms. The van der Waals surface area contributed by atoms with E-state index >= 15 is 0 Å². The highest BCUT2D eigenvalue weighted by Crippen LogP contribution is 2.35. The van der Waals surface area contributed by atoms with Crippen molar-refractivity contribution in [2.45, 2.75) is 25.8 Å². The van der Waals surface area contributed by atoms with Crippen molar-refractivity contribution in [2.75, 3.05) is 6.54 Å². The van der Waals surface area contributed by atoms with E-state index in [0.717, 1.165) is 28.3 Å². The molecule has 144 valence electrons. The number of halogens is 2. The standard InChI is InChI=1S/C20H18Cl2N2O.CO2/c1-12-10-24(19(25)8-13-2-4-14(21)5-3-13)11-18-20(12)16-9-15(22)6-7-17(16)23-18;2-1-3/h2-7,9,12,23H,8,10-11H2,1H3;. The zero-order chi connectivity index (χ0) is 20.3. The predicted octanol–water partition coefficient (Wildman–Crippen LogP) is 4.58. The van der Waals surface area contributed by atoms with Gasteiger partial charge in [-0.2, -0.15) is 9.59 Å². The van der Waals surface area contributed by atoms with Crippen molar-refractivity contribution in [3.8, 4) is 0 Å². The number of nitrogens with one attached hydrogen (secondary N) is 1. The van der Waals surface area contributed by atoms with Crippen LogP contribution in [-0.4, -0.2) is 28.5 Å². The summed E-state index contributed by atoms with van der Waals surface area (Å²) in [5, 5.41) is 2.59. The van der Waals surface area contributed by atoms with E-state index in [9.17, 15) is 4.79 Å². The van der Waals surface area contributed by atoms with Crippen LogP contribution in [0.15, 0.2) is 42.5 Å². The lowest BCUT2D eigenvalue weighted by Crippen LogP contribution is -2.38. The number of rotatable bonds is 2. The van der Waals surface area contributed by atoms with Crippen LogP contribution in [0.25, 0.3) is 10.9 Å². The monoisotopic (exact) mass is 416 g/mol. The van der Waals surface area contributed by atoms with Crippen LogP contribution in [0, 0.1) is 0 Å². The third kappa shape index (κ3) is 4.28. The van der Waals surface area contributed by atoms with E-state index in [1.807, 2.05) is 47.4 Å². The van der Waals surface area contributed by atoms with Crippen LogP contribution in [0.1, 0.15) is 29.7 Å². The number of hydrogen-bond acceptors (Lipinski definition) is 3. The molecule has 0 radical (unpaired) electrons. The van der Waals surface area contributed by atoms with E-state index in [0.29, 0.717) is 18.0 Å². The van der Waals surface area contributed by atoms with Crippen LogP contribution in [0.3, 0.4) is 0 Å². The van der Waals surface area contributed by atoms with Crippen LogP contribution >= 0.6 is 23.2 Å². The van der Waals surface area contributed by atoms with Crippen molar-refractivity contribution in [1.82, 2.24) is 9.88 Å². The molecule has 0 bridgehead atoms. The highest BCUT2D eigenvalue weighted by atomic mass is 35.5. The molecule has 1 aliphatic heterocycles. The summed E-state index contributed by atoms with van der Waals surface area (Å²) in [6, 6.07) is 13.4. The van der Waals surface area contributed by atoms with E-state index in [1.54, 1.807) is 0 Å². The first-order chi connectivity index (χ1) is 13.4. The second-order valence-electron chi connectivity index (χ2n) is 6.77. The molecule has 1 unspecified atom stereocenters. The number of carbonyl (C=O) groups is 1. The fourth-order valence-electron chi connectivity index (χ4n) is 3.68. The summed E-state index contributed by atoms with van der Waals surface area (Å²) < 4.78 is 0. The molecule has 1 aliphatic rings. The van der Waals surface area contributed by atoms with Crippen molar-refractivity contribution >= 4 is 46.2 Å². The lowest BCUT2D eigenvalue weighted by molar-refractivity contribution is -0.191. The first kappa shape index (κ1) is 20.2. The zero-order valence-corrected chi connectivity index (χ0v) is 16.7. The van der Waals surface area contributed by atoms with Gasteiger partial charge in [0.1, 0.15) is 0 Å². The molecule has 1 aromatic heterocycles. The summed E-state index contributed by atoms with van der Waals surface area (Å²) in [5.74, 6) is 0.404. The van der Waals surface area contributed by atoms with Gasteiger partial charge in [0, 0.05) is 39.1 Å². The smallest absolute Gasteiger partial charge is 0.357 e. The normalized spacial score (nSPS) is 15.4. The number of hydrogen-bond donors (Lipinski definition) is 1. The van der Waals surface area contributed by atoms with Gasteiger partial charge in [-0.15, -0.1) is 0 Å². The minimum absolute atomic E-state index is 0.136. The Kier molecular flexibility index (Phi) is 6.20. The topological polar surface area (TPSA) is 70.2 Å². The van der Waals surface area contributed by atoms with E-state index in [-0.39, 0.29) is 18.0 Å². The molecule has 5 nitrogen and oxygen atoms in total. The van der Waals surface area contributed by atoms with Crippen LogP contribution in [0.2, 0.25) is 10.0 Å². The molecule has 0 fully saturated rings. The van der Waals surface area contributed by atoms with Crippen molar-refractivity contribution in [3.63, 3.8) is 0 Å². The molecule has 1 atom stereocenters. The van der Waals surface area contributed by atoms with E-state index < -0.39 is 0 Å². The van der Waals surface area contributed by atoms with Gasteiger partial charge in [-0.05, 0) is 41.5 Å². The van der Waals surface area contributed by atoms with Crippen molar-refractivity contribution in [3.05, 3.63) is 69.3 Å². The van der Waals surface area contributed by atoms with E-state index in [2.05, 4.69) is 11.9 Å². The lowest BCUT2D eigenvalue weighted by atomic mass is 9.93. The Morgan fingerprint density at radius 3 is 2.46 bits per heavy atom. The minimum atomic E-state index is 0.136. The number of aromatic nitrogens is 1. The van der Waals surface area contributed by atoms with Crippen molar-refractivity contribution in [2.24, 2.45) is 0 Å². The van der Waals surface area contributed by atoms with Crippen LogP contribution in [0.5, 0.6) is 0 Å². The van der Waals surface area contributed by atoms with Crippen LogP contribution < -0.4 is 0 Å². The molecule has 28 heavy (non-hydrogen) atoms. The van der Waals surface area contributed by atoms with Crippen LogP contribution in [-0.2, 0) is 27.3 Å². The third-order valence-corrected chi connectivity index (χ3v) is 5.33. The molecular formula is C21H18Cl2N2O3. The van der Waals surface area contributed by atoms with E-state index in [4.69, 9.17) is 32.8 Å². The Balaban J connectivity index is 0.000000706. The molecule has 1 amide bonds. The van der Waals surface area contributed by atoms with Gasteiger partial charge in [0.15, 0.2) is 0 Å². The Morgan fingerprint density at radius 2 is 1.79 bits per heavy atom. The second-order valence-corrected chi connectivity index (χ2v) is 7.64. The SMILES string of the molecule is CC1CN(C(=O)Cc2ccc(Cl)cc2)Cc2[nH]c3ccc(Cl)cc3c21.O=C=O. The summed E-state index contributed by atoms with van der Waals surface area (Å²) in [4.78, 5) is 34.4. The number of carbonyl (C=O) groups excluding carboxylic acids is 3. The highest BCUT2D eigenvalue weighted by molar-refractivity contribution is 6.31. The summed E-state index contributed by atoms with van der Waals surface area (Å²) in [5.41, 5.74) is 4.46. The van der Waals surface area contributed by atoms with Gasteiger partial charge in [0.2, 0.25) is 5.91 Å². The fourth-order valence-corrected chi connectivity index (χ4v) is 3.98. The molecule has 0 aliphatic carbocycles. The molecule has 3 aromatic rings. The maximum Gasteiger partial charge on any atom is 0.373 e. The minimum Gasteiger partial charge on any atom is -0.357 e. The third-order valence-electron chi connectivity index (χ3n) is 4.84. The van der Waals surface area contributed by atoms with Gasteiger partial charge in [-0.3, -0.25) is 4.79 Å². The fraction of sp³-hybridized carbons (Fsp3) is 0.238. The molecule has 1 N–H and O–H groups in total. The number of nitrogens with zero attached hydrogens (tertiary/aromatic N) is 1.